The van der Waals surface area contributed by atoms with Gasteiger partial charge in [0.05, 0.1) is 18.9 Å². The van der Waals surface area contributed by atoms with Crippen LogP contribution in [0.5, 0.6) is 0 Å². The molecule has 1 N–H and O–H groups in total. The van der Waals surface area contributed by atoms with Crippen LogP contribution in [0.3, 0.4) is 0 Å². The second kappa shape index (κ2) is 8.91. The molecule has 0 saturated heterocycles. The van der Waals surface area contributed by atoms with Gasteiger partial charge in [0.25, 0.3) is 5.91 Å². The van der Waals surface area contributed by atoms with Crippen molar-refractivity contribution in [3.63, 3.8) is 0 Å². The summed E-state index contributed by atoms with van der Waals surface area (Å²) in [6.45, 7) is 11.5. The quantitative estimate of drug-likeness (QED) is 0.549. The van der Waals surface area contributed by atoms with E-state index in [1.54, 1.807) is 39.8 Å². The van der Waals surface area contributed by atoms with Gasteiger partial charge in [-0.25, -0.2) is 4.79 Å². The number of nitrogens with one attached hydrogen (secondary N) is 1. The Kier molecular flexibility index (Phi) is 6.83. The number of amides is 1. The Morgan fingerprint density at radius 2 is 1.89 bits per heavy atom. The molecule has 7 nitrogen and oxygen atoms in total. The lowest BCUT2D eigenvalue weighted by atomic mass is 9.99. The third-order valence-corrected chi connectivity index (χ3v) is 4.57. The number of nitrogens with zero attached hydrogens (tertiary/aromatic N) is 1. The molecule has 0 spiro atoms. The predicted octanol–water partition coefficient (Wildman–Crippen LogP) is 3.77. The molecular weight excluding hydrogens is 360 g/mol. The fraction of sp³-hybridized carbons (Fsp3) is 0.476. The molecular formula is C21H28N2O5. The second-order valence-corrected chi connectivity index (χ2v) is 7.21. The molecule has 7 heteroatoms. The summed E-state index contributed by atoms with van der Waals surface area (Å²) < 4.78 is 10.3. The summed E-state index contributed by atoms with van der Waals surface area (Å²) in [5.41, 5.74) is 1.79. The molecule has 1 atom stereocenters. The molecule has 0 radical (unpaired) electrons. The Bertz CT molecular complexity index is 849. The number of ether oxygens (including phenoxy) is 1. The molecule has 0 aliphatic rings. The van der Waals surface area contributed by atoms with Crippen LogP contribution in [-0.4, -0.2) is 46.7 Å². The average Bonchev–Trinajstić information content (AvgIpc) is 3.26. The van der Waals surface area contributed by atoms with Crippen LogP contribution in [0, 0.1) is 19.8 Å². The van der Waals surface area contributed by atoms with Gasteiger partial charge in [-0.3, -0.25) is 9.59 Å². The smallest absolute Gasteiger partial charge is 0.355 e. The summed E-state index contributed by atoms with van der Waals surface area (Å²) in [5, 5.41) is 0. The number of H-pyrrole nitrogens is 1. The first kappa shape index (κ1) is 21.5. The molecule has 0 aliphatic heterocycles. The number of aromatic nitrogens is 1. The molecule has 0 aliphatic carbocycles. The number of rotatable bonds is 8. The molecule has 1 amide bonds. The molecule has 0 unspecified atom stereocenters. The van der Waals surface area contributed by atoms with E-state index >= 15 is 0 Å². The molecule has 2 rings (SSSR count). The van der Waals surface area contributed by atoms with E-state index < -0.39 is 12.0 Å². The lowest BCUT2D eigenvalue weighted by Gasteiger charge is -2.29. The minimum atomic E-state index is -0.719. The van der Waals surface area contributed by atoms with Crippen LogP contribution in [0.15, 0.2) is 22.8 Å². The van der Waals surface area contributed by atoms with Crippen LogP contribution in [0.2, 0.25) is 0 Å². The number of aryl methyl sites for hydroxylation is 1. The molecule has 152 valence electrons. The monoisotopic (exact) mass is 388 g/mol. The third-order valence-electron chi connectivity index (χ3n) is 4.57. The van der Waals surface area contributed by atoms with Crippen molar-refractivity contribution in [2.75, 3.05) is 13.2 Å². The van der Waals surface area contributed by atoms with E-state index in [1.807, 2.05) is 13.8 Å². The van der Waals surface area contributed by atoms with Crippen molar-refractivity contribution in [1.82, 2.24) is 9.88 Å². The minimum Gasteiger partial charge on any atom is -0.461 e. The topological polar surface area (TPSA) is 92.6 Å². The number of hydrogen-bond acceptors (Lipinski definition) is 5. The number of carbonyl (C=O) groups is 3. The van der Waals surface area contributed by atoms with Crippen molar-refractivity contribution in [1.29, 1.82) is 0 Å². The zero-order chi connectivity index (χ0) is 21.0. The van der Waals surface area contributed by atoms with Crippen LogP contribution in [0.25, 0.3) is 0 Å². The first-order valence-electron chi connectivity index (χ1n) is 9.43. The lowest BCUT2D eigenvalue weighted by molar-refractivity contribution is 0.0518. The summed E-state index contributed by atoms with van der Waals surface area (Å²) in [5.74, 6) is -0.716. The van der Waals surface area contributed by atoms with Crippen LogP contribution in [0.4, 0.5) is 0 Å². The molecule has 0 saturated carbocycles. The highest BCUT2D eigenvalue weighted by atomic mass is 16.5. The van der Waals surface area contributed by atoms with Crippen molar-refractivity contribution in [3.05, 3.63) is 46.7 Å². The number of esters is 1. The van der Waals surface area contributed by atoms with E-state index in [9.17, 15) is 14.4 Å². The second-order valence-electron chi connectivity index (χ2n) is 7.21. The maximum atomic E-state index is 13.3. The van der Waals surface area contributed by atoms with E-state index in [0.29, 0.717) is 23.4 Å². The molecule has 0 fully saturated rings. The standard InChI is InChI=1S/C21H28N2O5/c1-7-27-21(26)18-13(4)17(14(5)22-18)19(24)15(6)23(11-12(2)3)20(25)16-9-8-10-28-16/h8-10,12,15,22H,7,11H2,1-6H3/t15-/m0/s1. The van der Waals surface area contributed by atoms with Gasteiger partial charge in [-0.15, -0.1) is 0 Å². The Labute approximate surface area is 165 Å². The van der Waals surface area contributed by atoms with Crippen molar-refractivity contribution in [2.45, 2.75) is 47.6 Å². The highest BCUT2D eigenvalue weighted by Crippen LogP contribution is 2.23. The van der Waals surface area contributed by atoms with Gasteiger partial charge in [0, 0.05) is 17.8 Å². The fourth-order valence-corrected chi connectivity index (χ4v) is 3.23. The van der Waals surface area contributed by atoms with E-state index in [1.165, 1.54) is 11.2 Å². The first-order valence-corrected chi connectivity index (χ1v) is 9.43. The highest BCUT2D eigenvalue weighted by molar-refractivity contribution is 6.07. The van der Waals surface area contributed by atoms with Gasteiger partial charge >= 0.3 is 5.97 Å². The summed E-state index contributed by atoms with van der Waals surface area (Å²) in [4.78, 5) is 42.8. The summed E-state index contributed by atoms with van der Waals surface area (Å²) in [6, 6.07) is 2.50. The van der Waals surface area contributed by atoms with Crippen molar-refractivity contribution in [2.24, 2.45) is 5.92 Å². The van der Waals surface area contributed by atoms with Crippen LogP contribution in [0.1, 0.15) is 70.4 Å². The summed E-state index contributed by atoms with van der Waals surface area (Å²) in [7, 11) is 0. The van der Waals surface area contributed by atoms with Crippen molar-refractivity contribution in [3.8, 4) is 0 Å². The number of carbonyl (C=O) groups excluding carboxylic acids is 3. The largest absolute Gasteiger partial charge is 0.461 e. The minimum absolute atomic E-state index is 0.165. The van der Waals surface area contributed by atoms with Gasteiger partial charge in [-0.1, -0.05) is 13.8 Å². The zero-order valence-corrected chi connectivity index (χ0v) is 17.3. The predicted molar refractivity (Wildman–Crippen MR) is 105 cm³/mol. The molecule has 2 heterocycles. The van der Waals surface area contributed by atoms with Crippen LogP contribution in [-0.2, 0) is 4.74 Å². The molecule has 2 aromatic rings. The maximum Gasteiger partial charge on any atom is 0.355 e. The van der Waals surface area contributed by atoms with Crippen molar-refractivity contribution >= 4 is 17.7 Å². The Morgan fingerprint density at radius 3 is 2.43 bits per heavy atom. The lowest BCUT2D eigenvalue weighted by Crippen LogP contribution is -2.45. The molecule has 2 aromatic heterocycles. The number of aromatic amines is 1. The number of furan rings is 1. The van der Waals surface area contributed by atoms with E-state index in [2.05, 4.69) is 4.98 Å². The van der Waals surface area contributed by atoms with Gasteiger partial charge in [0.1, 0.15) is 5.69 Å². The van der Waals surface area contributed by atoms with E-state index in [4.69, 9.17) is 9.15 Å². The fourth-order valence-electron chi connectivity index (χ4n) is 3.23. The number of hydrogen-bond donors (Lipinski definition) is 1. The Balaban J connectivity index is 2.37. The van der Waals surface area contributed by atoms with E-state index in [-0.39, 0.29) is 35.7 Å². The maximum absolute atomic E-state index is 13.3. The Morgan fingerprint density at radius 1 is 1.21 bits per heavy atom. The number of ketones is 1. The normalized spacial score (nSPS) is 12.1. The van der Waals surface area contributed by atoms with Crippen LogP contribution >= 0.6 is 0 Å². The van der Waals surface area contributed by atoms with Crippen molar-refractivity contribution < 1.29 is 23.5 Å². The first-order chi connectivity index (χ1) is 13.2. The Hall–Kier alpha value is -2.83. The average molecular weight is 388 g/mol. The van der Waals surface area contributed by atoms with E-state index in [0.717, 1.165) is 0 Å². The zero-order valence-electron chi connectivity index (χ0n) is 17.3. The number of Topliss-reactive ketones (excluding diaryl/α,β-unsaturated/α-hetero) is 1. The van der Waals surface area contributed by atoms with Gasteiger partial charge in [0.2, 0.25) is 0 Å². The summed E-state index contributed by atoms with van der Waals surface area (Å²) in [6.07, 6.45) is 1.43. The van der Waals surface area contributed by atoms with Gasteiger partial charge in [0.15, 0.2) is 11.5 Å². The third kappa shape index (κ3) is 4.35. The molecule has 0 aromatic carbocycles. The SMILES string of the molecule is CCOC(=O)c1[nH]c(C)c(C(=O)[C@H](C)N(CC(C)C)C(=O)c2ccco2)c1C. The van der Waals surface area contributed by atoms with Gasteiger partial charge in [-0.2, -0.15) is 0 Å². The highest BCUT2D eigenvalue weighted by Gasteiger charge is 2.32. The molecule has 0 bridgehead atoms. The van der Waals surface area contributed by atoms with Gasteiger partial charge < -0.3 is 19.0 Å². The molecule has 28 heavy (non-hydrogen) atoms. The van der Waals surface area contributed by atoms with Crippen LogP contribution < -0.4 is 0 Å². The van der Waals surface area contributed by atoms with Gasteiger partial charge in [-0.05, 0) is 51.3 Å². The summed E-state index contributed by atoms with van der Waals surface area (Å²) >= 11 is 0.